The Morgan fingerprint density at radius 2 is 2.00 bits per heavy atom. The molecule has 16 heavy (non-hydrogen) atoms. The number of hydrogen-bond donors (Lipinski definition) is 3. The molecule has 3 N–H and O–H groups in total. The Morgan fingerprint density at radius 1 is 1.38 bits per heavy atom. The zero-order valence-electron chi connectivity index (χ0n) is 9.29. The molecule has 0 bridgehead atoms. The van der Waals surface area contributed by atoms with E-state index in [1.807, 2.05) is 24.3 Å². The fraction of sp³-hybridized carbons (Fsp3) is 0.333. The molecular formula is C12H16N2O2. The molecule has 0 heterocycles. The summed E-state index contributed by atoms with van der Waals surface area (Å²) in [4.78, 5) is 10.3. The number of carboxylic acid groups (broad SMARTS) is 1. The van der Waals surface area contributed by atoms with Crippen molar-refractivity contribution in [3.8, 4) is 0 Å². The fourth-order valence-electron chi connectivity index (χ4n) is 1.30. The Balaban J connectivity index is 2.38. The molecule has 0 atom stereocenters. The Labute approximate surface area is 94.8 Å². The minimum absolute atomic E-state index is 0.137. The van der Waals surface area contributed by atoms with Crippen molar-refractivity contribution in [2.45, 2.75) is 19.9 Å². The van der Waals surface area contributed by atoms with Gasteiger partial charge in [-0.3, -0.25) is 4.79 Å². The zero-order chi connectivity index (χ0) is 12.0. The van der Waals surface area contributed by atoms with E-state index in [0.717, 1.165) is 11.1 Å². The normalized spacial score (nSPS) is 10.1. The van der Waals surface area contributed by atoms with Gasteiger partial charge in [-0.25, -0.2) is 0 Å². The smallest absolute Gasteiger partial charge is 0.304 e. The summed E-state index contributed by atoms with van der Waals surface area (Å²) >= 11 is 0. The number of rotatable bonds is 6. The molecule has 0 aliphatic carbocycles. The van der Waals surface area contributed by atoms with Crippen molar-refractivity contribution < 1.29 is 9.90 Å². The van der Waals surface area contributed by atoms with Gasteiger partial charge in [0.25, 0.3) is 0 Å². The maximum Gasteiger partial charge on any atom is 0.304 e. The molecule has 0 unspecified atom stereocenters. The van der Waals surface area contributed by atoms with Gasteiger partial charge in [-0.2, -0.15) is 0 Å². The lowest BCUT2D eigenvalue weighted by molar-refractivity contribution is -0.136. The van der Waals surface area contributed by atoms with E-state index < -0.39 is 5.97 Å². The van der Waals surface area contributed by atoms with E-state index in [1.54, 1.807) is 6.92 Å². The summed E-state index contributed by atoms with van der Waals surface area (Å²) in [6.07, 6.45) is 0.137. The summed E-state index contributed by atoms with van der Waals surface area (Å²) in [5, 5.41) is 18.9. The van der Waals surface area contributed by atoms with Crippen LogP contribution in [-0.2, 0) is 11.3 Å². The molecule has 0 aromatic heterocycles. The second-order valence-corrected chi connectivity index (χ2v) is 3.64. The molecule has 0 saturated heterocycles. The first-order valence-electron chi connectivity index (χ1n) is 5.16. The lowest BCUT2D eigenvalue weighted by Crippen LogP contribution is -2.17. The standard InChI is InChI=1S/C12H16N2O2/c1-9(13)11-4-2-10(3-5-11)8-14-7-6-12(15)16/h2-5,13-14H,6-8H2,1H3,(H,15,16). The van der Waals surface area contributed by atoms with Gasteiger partial charge in [0.1, 0.15) is 0 Å². The third-order valence-corrected chi connectivity index (χ3v) is 2.23. The van der Waals surface area contributed by atoms with Crippen molar-refractivity contribution in [1.29, 1.82) is 5.41 Å². The highest BCUT2D eigenvalue weighted by Gasteiger charge is 1.98. The third kappa shape index (κ3) is 4.23. The fourth-order valence-corrected chi connectivity index (χ4v) is 1.30. The topological polar surface area (TPSA) is 73.2 Å². The van der Waals surface area contributed by atoms with Crippen LogP contribution in [0.5, 0.6) is 0 Å². The van der Waals surface area contributed by atoms with Crippen LogP contribution in [0, 0.1) is 5.41 Å². The molecular weight excluding hydrogens is 204 g/mol. The Morgan fingerprint density at radius 3 is 2.50 bits per heavy atom. The molecule has 0 radical (unpaired) electrons. The van der Waals surface area contributed by atoms with Crippen LogP contribution in [0.1, 0.15) is 24.5 Å². The van der Waals surface area contributed by atoms with Crippen molar-refractivity contribution in [3.05, 3.63) is 35.4 Å². The molecule has 0 aliphatic rings. The quantitative estimate of drug-likeness (QED) is 0.504. The summed E-state index contributed by atoms with van der Waals surface area (Å²) in [6.45, 7) is 2.88. The van der Waals surface area contributed by atoms with Crippen LogP contribution in [-0.4, -0.2) is 23.3 Å². The van der Waals surface area contributed by atoms with Crippen LogP contribution >= 0.6 is 0 Å². The molecule has 1 rings (SSSR count). The average molecular weight is 220 g/mol. The molecule has 1 aromatic carbocycles. The SMILES string of the molecule is CC(=N)c1ccc(CNCCC(=O)O)cc1. The summed E-state index contributed by atoms with van der Waals surface area (Å²) in [5.74, 6) is -0.790. The van der Waals surface area contributed by atoms with Crippen LogP contribution in [0.2, 0.25) is 0 Å². The van der Waals surface area contributed by atoms with Gasteiger partial charge in [0.05, 0.1) is 6.42 Å². The summed E-state index contributed by atoms with van der Waals surface area (Å²) in [6, 6.07) is 7.69. The molecule has 0 aliphatic heterocycles. The van der Waals surface area contributed by atoms with Crippen LogP contribution < -0.4 is 5.32 Å². The van der Waals surface area contributed by atoms with Gasteiger partial charge in [0.15, 0.2) is 0 Å². The zero-order valence-corrected chi connectivity index (χ0v) is 9.29. The predicted octanol–water partition coefficient (Wildman–Crippen LogP) is 1.64. The first kappa shape index (κ1) is 12.4. The minimum atomic E-state index is -0.790. The Hall–Kier alpha value is -1.68. The Kier molecular flexibility index (Phi) is 4.66. The van der Waals surface area contributed by atoms with Crippen molar-refractivity contribution in [2.24, 2.45) is 0 Å². The van der Waals surface area contributed by atoms with Crippen molar-refractivity contribution >= 4 is 11.7 Å². The first-order chi connectivity index (χ1) is 7.59. The van der Waals surface area contributed by atoms with Gasteiger partial charge in [0, 0.05) is 18.8 Å². The number of carboxylic acids is 1. The predicted molar refractivity (Wildman–Crippen MR) is 62.9 cm³/mol. The molecule has 86 valence electrons. The van der Waals surface area contributed by atoms with Crippen LogP contribution in [0.4, 0.5) is 0 Å². The minimum Gasteiger partial charge on any atom is -0.481 e. The highest BCUT2D eigenvalue weighted by Crippen LogP contribution is 2.04. The first-order valence-corrected chi connectivity index (χ1v) is 5.16. The highest BCUT2D eigenvalue weighted by atomic mass is 16.4. The van der Waals surface area contributed by atoms with E-state index in [0.29, 0.717) is 18.8 Å². The Bertz CT molecular complexity index is 371. The van der Waals surface area contributed by atoms with E-state index in [1.165, 1.54) is 0 Å². The van der Waals surface area contributed by atoms with E-state index in [-0.39, 0.29) is 6.42 Å². The van der Waals surface area contributed by atoms with Crippen LogP contribution in [0.3, 0.4) is 0 Å². The van der Waals surface area contributed by atoms with Gasteiger partial charge >= 0.3 is 5.97 Å². The molecule has 4 nitrogen and oxygen atoms in total. The second kappa shape index (κ2) is 6.02. The molecule has 0 spiro atoms. The molecule has 0 fully saturated rings. The van der Waals surface area contributed by atoms with Gasteiger partial charge in [-0.1, -0.05) is 24.3 Å². The third-order valence-electron chi connectivity index (χ3n) is 2.23. The maximum absolute atomic E-state index is 10.3. The number of carbonyl (C=O) groups is 1. The average Bonchev–Trinajstić information content (AvgIpc) is 2.25. The summed E-state index contributed by atoms with van der Waals surface area (Å²) in [5.41, 5.74) is 2.55. The van der Waals surface area contributed by atoms with Gasteiger partial charge in [-0.15, -0.1) is 0 Å². The highest BCUT2D eigenvalue weighted by molar-refractivity contribution is 5.96. The molecule has 0 amide bonds. The second-order valence-electron chi connectivity index (χ2n) is 3.64. The van der Waals surface area contributed by atoms with Gasteiger partial charge in [-0.05, 0) is 18.1 Å². The van der Waals surface area contributed by atoms with E-state index in [4.69, 9.17) is 10.5 Å². The van der Waals surface area contributed by atoms with E-state index in [9.17, 15) is 4.79 Å². The number of hydrogen-bond acceptors (Lipinski definition) is 3. The van der Waals surface area contributed by atoms with Gasteiger partial charge in [0.2, 0.25) is 0 Å². The number of benzene rings is 1. The summed E-state index contributed by atoms with van der Waals surface area (Å²) < 4.78 is 0. The van der Waals surface area contributed by atoms with Crippen LogP contribution in [0.15, 0.2) is 24.3 Å². The molecule has 1 aromatic rings. The van der Waals surface area contributed by atoms with Crippen molar-refractivity contribution in [1.82, 2.24) is 5.32 Å². The maximum atomic E-state index is 10.3. The van der Waals surface area contributed by atoms with Crippen LogP contribution in [0.25, 0.3) is 0 Å². The monoisotopic (exact) mass is 220 g/mol. The molecule has 0 saturated carbocycles. The van der Waals surface area contributed by atoms with E-state index in [2.05, 4.69) is 5.32 Å². The van der Waals surface area contributed by atoms with Gasteiger partial charge < -0.3 is 15.8 Å². The molecule has 4 heteroatoms. The largest absolute Gasteiger partial charge is 0.481 e. The lowest BCUT2D eigenvalue weighted by atomic mass is 10.1. The summed E-state index contributed by atoms with van der Waals surface area (Å²) in [7, 11) is 0. The number of aliphatic carboxylic acids is 1. The lowest BCUT2D eigenvalue weighted by Gasteiger charge is -2.04. The number of nitrogens with one attached hydrogen (secondary N) is 2. The van der Waals surface area contributed by atoms with Crippen molar-refractivity contribution in [2.75, 3.05) is 6.54 Å². The van der Waals surface area contributed by atoms with E-state index >= 15 is 0 Å². The van der Waals surface area contributed by atoms with Crippen molar-refractivity contribution in [3.63, 3.8) is 0 Å².